The zero-order chi connectivity index (χ0) is 11.7. The van der Waals surface area contributed by atoms with Crippen molar-refractivity contribution >= 4 is 10.9 Å². The number of nitriles is 1. The van der Waals surface area contributed by atoms with Gasteiger partial charge in [-0.05, 0) is 12.1 Å². The summed E-state index contributed by atoms with van der Waals surface area (Å²) in [6.07, 6.45) is 5.09. The molecule has 0 spiro atoms. The Hall–Kier alpha value is -2.67. The lowest BCUT2D eigenvalue weighted by molar-refractivity contribution is 1.17. The van der Waals surface area contributed by atoms with Gasteiger partial charge < -0.3 is 4.98 Å². The molecule has 2 aromatic heterocycles. The summed E-state index contributed by atoms with van der Waals surface area (Å²) in [5.74, 6) is 0. The second kappa shape index (κ2) is 3.72. The molecule has 2 heterocycles. The third-order valence-electron chi connectivity index (χ3n) is 2.69. The van der Waals surface area contributed by atoms with Gasteiger partial charge in [0.25, 0.3) is 0 Å². The zero-order valence-electron chi connectivity index (χ0n) is 8.88. The van der Waals surface area contributed by atoms with E-state index in [4.69, 9.17) is 5.26 Å². The number of hydrogen-bond donors (Lipinski definition) is 1. The van der Waals surface area contributed by atoms with E-state index in [9.17, 15) is 0 Å². The van der Waals surface area contributed by atoms with Gasteiger partial charge >= 0.3 is 0 Å². The average molecular weight is 220 g/mol. The van der Waals surface area contributed by atoms with E-state index in [0.29, 0.717) is 5.56 Å². The first-order valence-corrected chi connectivity index (χ1v) is 5.17. The van der Waals surface area contributed by atoms with Crippen LogP contribution in [0, 0.1) is 11.3 Å². The number of fused-ring (bicyclic) bond motifs is 1. The summed E-state index contributed by atoms with van der Waals surface area (Å²) in [6.45, 7) is 0. The first kappa shape index (κ1) is 9.55. The van der Waals surface area contributed by atoms with Crippen LogP contribution >= 0.6 is 0 Å². The van der Waals surface area contributed by atoms with Crippen LogP contribution in [0.2, 0.25) is 0 Å². The number of nitrogens with one attached hydrogen (secondary N) is 1. The Morgan fingerprint density at radius 2 is 2.18 bits per heavy atom. The highest BCUT2D eigenvalue weighted by molar-refractivity contribution is 5.97. The fourth-order valence-corrected chi connectivity index (χ4v) is 1.91. The number of benzene rings is 1. The number of H-pyrrole nitrogens is 1. The summed E-state index contributed by atoms with van der Waals surface area (Å²) in [5, 5.41) is 10.0. The molecule has 80 valence electrons. The molecule has 0 aliphatic carbocycles. The highest BCUT2D eigenvalue weighted by Crippen LogP contribution is 2.28. The number of hydrogen-bond acceptors (Lipinski definition) is 3. The van der Waals surface area contributed by atoms with Gasteiger partial charge in [-0.1, -0.05) is 12.1 Å². The van der Waals surface area contributed by atoms with E-state index in [0.717, 1.165) is 22.2 Å². The Labute approximate surface area is 97.6 Å². The molecule has 0 aliphatic rings. The van der Waals surface area contributed by atoms with Crippen LogP contribution in [0.5, 0.6) is 0 Å². The van der Waals surface area contributed by atoms with E-state index in [-0.39, 0.29) is 0 Å². The van der Waals surface area contributed by atoms with Crippen LogP contribution in [-0.4, -0.2) is 15.0 Å². The lowest BCUT2D eigenvalue weighted by Gasteiger charge is -1.97. The zero-order valence-corrected chi connectivity index (χ0v) is 8.88. The van der Waals surface area contributed by atoms with Crippen molar-refractivity contribution in [3.8, 4) is 17.3 Å². The Balaban J connectivity index is 2.31. The minimum absolute atomic E-state index is 0.641. The molecule has 3 rings (SSSR count). The normalized spacial score (nSPS) is 10.3. The molecule has 17 heavy (non-hydrogen) atoms. The monoisotopic (exact) mass is 220 g/mol. The van der Waals surface area contributed by atoms with Gasteiger partial charge in [-0.3, -0.25) is 0 Å². The van der Waals surface area contributed by atoms with Crippen molar-refractivity contribution in [2.75, 3.05) is 0 Å². The van der Waals surface area contributed by atoms with E-state index in [1.165, 1.54) is 6.33 Å². The maximum Gasteiger partial charge on any atom is 0.116 e. The summed E-state index contributed by atoms with van der Waals surface area (Å²) >= 11 is 0. The molecule has 0 amide bonds. The molecule has 0 atom stereocenters. The maximum absolute atomic E-state index is 9.02. The summed E-state index contributed by atoms with van der Waals surface area (Å²) < 4.78 is 0. The van der Waals surface area contributed by atoms with Gasteiger partial charge in [-0.25, -0.2) is 9.97 Å². The van der Waals surface area contributed by atoms with Crippen molar-refractivity contribution < 1.29 is 0 Å². The molecule has 1 N–H and O–H groups in total. The highest BCUT2D eigenvalue weighted by Gasteiger charge is 2.09. The summed E-state index contributed by atoms with van der Waals surface area (Å²) in [4.78, 5) is 11.2. The van der Waals surface area contributed by atoms with Crippen molar-refractivity contribution in [2.45, 2.75) is 0 Å². The maximum atomic E-state index is 9.02. The minimum Gasteiger partial charge on any atom is -0.359 e. The molecule has 0 fully saturated rings. The second-order valence-electron chi connectivity index (χ2n) is 3.64. The van der Waals surface area contributed by atoms with Gasteiger partial charge in [0, 0.05) is 23.3 Å². The third-order valence-corrected chi connectivity index (χ3v) is 2.69. The molecule has 0 aliphatic heterocycles. The molecular weight excluding hydrogens is 212 g/mol. The smallest absolute Gasteiger partial charge is 0.116 e. The predicted octanol–water partition coefficient (Wildman–Crippen LogP) is 2.50. The van der Waals surface area contributed by atoms with E-state index >= 15 is 0 Å². The van der Waals surface area contributed by atoms with Crippen LogP contribution in [-0.2, 0) is 0 Å². The summed E-state index contributed by atoms with van der Waals surface area (Å²) in [5.41, 5.74) is 3.33. The Kier molecular flexibility index (Phi) is 2.09. The molecule has 4 heteroatoms. The molecule has 0 radical (unpaired) electrons. The average Bonchev–Trinajstić information content (AvgIpc) is 2.83. The first-order valence-electron chi connectivity index (χ1n) is 5.17. The minimum atomic E-state index is 0.641. The number of nitrogens with zero attached hydrogens (tertiary/aromatic N) is 3. The van der Waals surface area contributed by atoms with Crippen LogP contribution in [0.3, 0.4) is 0 Å². The van der Waals surface area contributed by atoms with Crippen molar-refractivity contribution in [1.82, 2.24) is 15.0 Å². The Bertz CT molecular complexity index is 707. The Morgan fingerprint density at radius 1 is 1.24 bits per heavy atom. The molecule has 3 aromatic rings. The van der Waals surface area contributed by atoms with E-state index < -0.39 is 0 Å². The topological polar surface area (TPSA) is 65.4 Å². The number of para-hydroxylation sites is 1. The van der Waals surface area contributed by atoms with Gasteiger partial charge in [0.1, 0.15) is 12.4 Å². The fraction of sp³-hybridized carbons (Fsp3) is 0. The van der Waals surface area contributed by atoms with Crippen LogP contribution in [0.15, 0.2) is 43.0 Å². The molecule has 0 bridgehead atoms. The molecule has 4 nitrogen and oxygen atoms in total. The molecule has 0 unspecified atom stereocenters. The quantitative estimate of drug-likeness (QED) is 0.685. The fourth-order valence-electron chi connectivity index (χ4n) is 1.91. The lowest BCUT2D eigenvalue weighted by Crippen LogP contribution is -1.82. The largest absolute Gasteiger partial charge is 0.359 e. The number of aromatic nitrogens is 3. The molecule has 1 aromatic carbocycles. The SMILES string of the molecule is N#Cc1cccc2c(-c3ccncn3)c[nH]c12. The van der Waals surface area contributed by atoms with Gasteiger partial charge in [0.05, 0.1) is 16.8 Å². The number of aromatic amines is 1. The molecular formula is C13H8N4. The highest BCUT2D eigenvalue weighted by atomic mass is 14.8. The van der Waals surface area contributed by atoms with Gasteiger partial charge in [0.15, 0.2) is 0 Å². The van der Waals surface area contributed by atoms with Crippen LogP contribution in [0.4, 0.5) is 0 Å². The van der Waals surface area contributed by atoms with E-state index in [2.05, 4.69) is 21.0 Å². The second-order valence-corrected chi connectivity index (χ2v) is 3.64. The first-order chi connectivity index (χ1) is 8.40. The van der Waals surface area contributed by atoms with Crippen molar-refractivity contribution in [3.63, 3.8) is 0 Å². The van der Waals surface area contributed by atoms with E-state index in [1.807, 2.05) is 24.4 Å². The third kappa shape index (κ3) is 1.45. The van der Waals surface area contributed by atoms with Crippen LogP contribution in [0.25, 0.3) is 22.2 Å². The molecule has 0 saturated heterocycles. The van der Waals surface area contributed by atoms with E-state index in [1.54, 1.807) is 12.3 Å². The Morgan fingerprint density at radius 3 is 2.94 bits per heavy atom. The van der Waals surface area contributed by atoms with Crippen LogP contribution < -0.4 is 0 Å². The summed E-state index contributed by atoms with van der Waals surface area (Å²) in [6, 6.07) is 9.66. The molecule has 0 saturated carbocycles. The lowest BCUT2D eigenvalue weighted by atomic mass is 10.1. The van der Waals surface area contributed by atoms with Crippen molar-refractivity contribution in [3.05, 3.63) is 48.5 Å². The standard InChI is InChI=1S/C13H8N4/c14-6-9-2-1-3-10-11(7-16-13(9)10)12-4-5-15-8-17-12/h1-5,7-8,16H. The van der Waals surface area contributed by atoms with Gasteiger partial charge in [-0.15, -0.1) is 0 Å². The van der Waals surface area contributed by atoms with Crippen LogP contribution in [0.1, 0.15) is 5.56 Å². The van der Waals surface area contributed by atoms with Gasteiger partial charge in [0.2, 0.25) is 0 Å². The van der Waals surface area contributed by atoms with Crippen molar-refractivity contribution in [2.24, 2.45) is 0 Å². The van der Waals surface area contributed by atoms with Gasteiger partial charge in [-0.2, -0.15) is 5.26 Å². The van der Waals surface area contributed by atoms with Crippen molar-refractivity contribution in [1.29, 1.82) is 5.26 Å². The summed E-state index contributed by atoms with van der Waals surface area (Å²) in [7, 11) is 0. The number of rotatable bonds is 1. The predicted molar refractivity (Wildman–Crippen MR) is 64.0 cm³/mol.